The maximum atomic E-state index is 12.5. The second kappa shape index (κ2) is 8.20. The van der Waals surface area contributed by atoms with E-state index in [1.165, 1.54) is 12.8 Å². The molecule has 0 saturated carbocycles. The number of nitrogens with one attached hydrogen (secondary N) is 1. The van der Waals surface area contributed by atoms with Crippen LogP contribution in [0.4, 0.5) is 11.5 Å². The molecule has 3 aliphatic rings. The van der Waals surface area contributed by atoms with E-state index < -0.39 is 0 Å². The zero-order chi connectivity index (χ0) is 17.8. The highest BCUT2D eigenvalue weighted by molar-refractivity contribution is 5.79. The van der Waals surface area contributed by atoms with Crippen LogP contribution in [0.1, 0.15) is 38.5 Å². The van der Waals surface area contributed by atoms with E-state index in [0.29, 0.717) is 6.54 Å². The molecule has 0 radical (unpaired) electrons. The molecule has 3 aliphatic heterocycles. The summed E-state index contributed by atoms with van der Waals surface area (Å²) in [6.07, 6.45) is 10.2. The van der Waals surface area contributed by atoms with Crippen molar-refractivity contribution in [3.8, 4) is 0 Å². The Balaban J connectivity index is 1.31. The van der Waals surface area contributed by atoms with Crippen molar-refractivity contribution >= 4 is 17.4 Å². The fourth-order valence-corrected chi connectivity index (χ4v) is 4.26. The Bertz CT molecular complexity index is 606. The first-order valence-corrected chi connectivity index (χ1v) is 10.0. The molecule has 4 heterocycles. The van der Waals surface area contributed by atoms with Crippen molar-refractivity contribution in [1.82, 2.24) is 15.3 Å². The van der Waals surface area contributed by atoms with Gasteiger partial charge < -0.3 is 19.9 Å². The van der Waals surface area contributed by atoms with Gasteiger partial charge in [0, 0.05) is 45.2 Å². The summed E-state index contributed by atoms with van der Waals surface area (Å²) in [5.41, 5.74) is 1.12. The van der Waals surface area contributed by atoms with E-state index in [1.807, 2.05) is 6.20 Å². The molecule has 3 saturated heterocycles. The van der Waals surface area contributed by atoms with Crippen molar-refractivity contribution in [2.24, 2.45) is 5.92 Å². The van der Waals surface area contributed by atoms with Crippen LogP contribution >= 0.6 is 0 Å². The highest BCUT2D eigenvalue weighted by Crippen LogP contribution is 2.31. The van der Waals surface area contributed by atoms with Gasteiger partial charge in [0.2, 0.25) is 5.91 Å². The van der Waals surface area contributed by atoms with Gasteiger partial charge in [-0.1, -0.05) is 0 Å². The second-order valence-electron chi connectivity index (χ2n) is 7.57. The molecule has 1 N–H and O–H groups in total. The Labute approximate surface area is 155 Å². The fraction of sp³-hybridized carbons (Fsp3) is 0.737. The average Bonchev–Trinajstić information content (AvgIpc) is 3.40. The van der Waals surface area contributed by atoms with Gasteiger partial charge in [-0.2, -0.15) is 0 Å². The Kier molecular flexibility index (Phi) is 5.53. The molecule has 142 valence electrons. The van der Waals surface area contributed by atoms with Gasteiger partial charge in [-0.15, -0.1) is 0 Å². The molecule has 1 amide bonds. The molecule has 0 aromatic carbocycles. The van der Waals surface area contributed by atoms with Crippen LogP contribution in [0.25, 0.3) is 0 Å². The molecule has 26 heavy (non-hydrogen) atoms. The molecule has 1 atom stereocenters. The van der Waals surface area contributed by atoms with Crippen LogP contribution in [0.2, 0.25) is 0 Å². The number of nitrogens with zero attached hydrogens (tertiary/aromatic N) is 4. The summed E-state index contributed by atoms with van der Waals surface area (Å²) in [5, 5.41) is 3.09. The molecule has 1 aromatic rings. The summed E-state index contributed by atoms with van der Waals surface area (Å²) in [4.78, 5) is 25.9. The zero-order valence-corrected chi connectivity index (χ0v) is 15.4. The van der Waals surface area contributed by atoms with E-state index in [4.69, 9.17) is 4.74 Å². The number of carbonyl (C=O) groups is 1. The SMILES string of the molecule is O=C(NCC1CCCO1)C1CCN(c2cncnc2N2CCCC2)CC1. The lowest BCUT2D eigenvalue weighted by Crippen LogP contribution is -2.42. The van der Waals surface area contributed by atoms with Crippen molar-refractivity contribution in [3.05, 3.63) is 12.5 Å². The van der Waals surface area contributed by atoms with E-state index in [-0.39, 0.29) is 17.9 Å². The van der Waals surface area contributed by atoms with Crippen LogP contribution < -0.4 is 15.1 Å². The van der Waals surface area contributed by atoms with Gasteiger partial charge in [-0.3, -0.25) is 4.79 Å². The lowest BCUT2D eigenvalue weighted by Gasteiger charge is -2.34. The van der Waals surface area contributed by atoms with Gasteiger partial charge in [0.1, 0.15) is 6.33 Å². The van der Waals surface area contributed by atoms with Gasteiger partial charge in [-0.25, -0.2) is 9.97 Å². The molecule has 4 rings (SSSR count). The van der Waals surface area contributed by atoms with Crippen molar-refractivity contribution in [2.45, 2.75) is 44.6 Å². The molecule has 7 heteroatoms. The highest BCUT2D eigenvalue weighted by Gasteiger charge is 2.28. The third kappa shape index (κ3) is 3.92. The maximum Gasteiger partial charge on any atom is 0.223 e. The highest BCUT2D eigenvalue weighted by atomic mass is 16.5. The minimum atomic E-state index is 0.104. The van der Waals surface area contributed by atoms with E-state index in [9.17, 15) is 4.79 Å². The monoisotopic (exact) mass is 359 g/mol. The maximum absolute atomic E-state index is 12.5. The summed E-state index contributed by atoms with van der Waals surface area (Å²) < 4.78 is 5.59. The van der Waals surface area contributed by atoms with E-state index >= 15 is 0 Å². The van der Waals surface area contributed by atoms with E-state index in [2.05, 4.69) is 25.1 Å². The van der Waals surface area contributed by atoms with Crippen LogP contribution in [-0.4, -0.2) is 61.3 Å². The largest absolute Gasteiger partial charge is 0.376 e. The number of carbonyl (C=O) groups excluding carboxylic acids is 1. The number of hydrogen-bond acceptors (Lipinski definition) is 6. The predicted molar refractivity (Wildman–Crippen MR) is 100 cm³/mol. The normalized spacial score (nSPS) is 24.2. The Morgan fingerprint density at radius 3 is 2.65 bits per heavy atom. The number of amides is 1. The third-order valence-corrected chi connectivity index (χ3v) is 5.81. The molecular formula is C19H29N5O2. The number of aromatic nitrogens is 2. The molecule has 7 nitrogen and oxygen atoms in total. The molecule has 0 aliphatic carbocycles. The molecule has 0 bridgehead atoms. The molecular weight excluding hydrogens is 330 g/mol. The predicted octanol–water partition coefficient (Wildman–Crippen LogP) is 1.59. The minimum absolute atomic E-state index is 0.104. The molecule has 3 fully saturated rings. The van der Waals surface area contributed by atoms with E-state index in [1.54, 1.807) is 6.33 Å². The first-order chi connectivity index (χ1) is 12.8. The molecule has 0 spiro atoms. The van der Waals surface area contributed by atoms with Crippen LogP contribution in [0.15, 0.2) is 12.5 Å². The van der Waals surface area contributed by atoms with Crippen LogP contribution in [-0.2, 0) is 9.53 Å². The third-order valence-electron chi connectivity index (χ3n) is 5.81. The van der Waals surface area contributed by atoms with Crippen molar-refractivity contribution in [3.63, 3.8) is 0 Å². The summed E-state index contributed by atoms with van der Waals surface area (Å²) in [7, 11) is 0. The minimum Gasteiger partial charge on any atom is -0.376 e. The first-order valence-electron chi connectivity index (χ1n) is 10.0. The average molecular weight is 359 g/mol. The number of piperidine rings is 1. The molecule has 1 aromatic heterocycles. The molecule has 1 unspecified atom stereocenters. The summed E-state index contributed by atoms with van der Waals surface area (Å²) in [6.45, 7) is 5.40. The Morgan fingerprint density at radius 1 is 1.12 bits per heavy atom. The Morgan fingerprint density at radius 2 is 1.92 bits per heavy atom. The van der Waals surface area contributed by atoms with Crippen LogP contribution in [0.3, 0.4) is 0 Å². The van der Waals surface area contributed by atoms with Crippen molar-refractivity contribution in [1.29, 1.82) is 0 Å². The number of hydrogen-bond donors (Lipinski definition) is 1. The van der Waals surface area contributed by atoms with Gasteiger partial charge in [-0.05, 0) is 38.5 Å². The number of rotatable bonds is 5. The first kappa shape index (κ1) is 17.5. The lowest BCUT2D eigenvalue weighted by atomic mass is 9.95. The number of ether oxygens (including phenoxy) is 1. The van der Waals surface area contributed by atoms with Gasteiger partial charge in [0.05, 0.1) is 18.0 Å². The second-order valence-corrected chi connectivity index (χ2v) is 7.57. The lowest BCUT2D eigenvalue weighted by molar-refractivity contribution is -0.126. The Hall–Kier alpha value is -1.89. The summed E-state index contributed by atoms with van der Waals surface area (Å²) >= 11 is 0. The summed E-state index contributed by atoms with van der Waals surface area (Å²) in [6, 6.07) is 0. The van der Waals surface area contributed by atoms with Crippen molar-refractivity contribution in [2.75, 3.05) is 49.1 Å². The quantitative estimate of drug-likeness (QED) is 0.861. The van der Waals surface area contributed by atoms with Gasteiger partial charge in [0.15, 0.2) is 5.82 Å². The van der Waals surface area contributed by atoms with Crippen LogP contribution in [0, 0.1) is 5.92 Å². The topological polar surface area (TPSA) is 70.6 Å². The number of anilines is 2. The standard InChI is InChI=1S/C19H29N5O2/c25-19(21-12-16-4-3-11-26-16)15-5-9-23(10-6-15)17-13-20-14-22-18(17)24-7-1-2-8-24/h13-16H,1-12H2,(H,21,25). The summed E-state index contributed by atoms with van der Waals surface area (Å²) in [5.74, 6) is 1.34. The van der Waals surface area contributed by atoms with Crippen LogP contribution in [0.5, 0.6) is 0 Å². The smallest absolute Gasteiger partial charge is 0.223 e. The van der Waals surface area contributed by atoms with E-state index in [0.717, 1.165) is 70.0 Å². The van der Waals surface area contributed by atoms with Crippen molar-refractivity contribution < 1.29 is 9.53 Å². The van der Waals surface area contributed by atoms with Gasteiger partial charge >= 0.3 is 0 Å². The van der Waals surface area contributed by atoms with Gasteiger partial charge in [0.25, 0.3) is 0 Å². The fourth-order valence-electron chi connectivity index (χ4n) is 4.26. The zero-order valence-electron chi connectivity index (χ0n) is 15.4.